The summed E-state index contributed by atoms with van der Waals surface area (Å²) in [5.41, 5.74) is 9.14. The van der Waals surface area contributed by atoms with Gasteiger partial charge in [0.2, 0.25) is 59.1 Å². The molecule has 10 amide bonds. The van der Waals surface area contributed by atoms with E-state index < -0.39 is 132 Å². The smallest absolute Gasteiger partial charge is 0.305 e. The highest BCUT2D eigenvalue weighted by Gasteiger charge is 2.36. The average Bonchev–Trinajstić information content (AvgIpc) is 2.12. The van der Waals surface area contributed by atoms with Gasteiger partial charge in [0.05, 0.1) is 19.3 Å². The van der Waals surface area contributed by atoms with Gasteiger partial charge in [0, 0.05) is 97.6 Å². The fraction of sp³-hybridized carbons (Fsp3) is 0.333. The van der Waals surface area contributed by atoms with Gasteiger partial charge < -0.3 is 78.7 Å². The summed E-state index contributed by atoms with van der Waals surface area (Å²) in [7, 11) is 0. The number of aromatic hydroxyl groups is 1. The van der Waals surface area contributed by atoms with E-state index in [1.165, 1.54) is 86.4 Å². The van der Waals surface area contributed by atoms with E-state index in [1.807, 2.05) is 0 Å². The number of hydrogen-bond acceptors (Lipinski definition) is 13. The third-order valence-corrected chi connectivity index (χ3v) is 15.3. The number of halogens is 2. The fourth-order valence-electron chi connectivity index (χ4n) is 10.4. The summed E-state index contributed by atoms with van der Waals surface area (Å²) in [6, 6.07) is 8.75. The van der Waals surface area contributed by atoms with Gasteiger partial charge in [-0.15, -0.1) is 0 Å². The number of nitrogens with one attached hydrogen (secondary N) is 12. The van der Waals surface area contributed by atoms with Crippen molar-refractivity contribution in [3.63, 3.8) is 0 Å². The first-order valence-corrected chi connectivity index (χ1v) is 29.5. The van der Waals surface area contributed by atoms with Crippen molar-refractivity contribution in [2.24, 2.45) is 5.73 Å². The van der Waals surface area contributed by atoms with Crippen molar-refractivity contribution in [3.8, 4) is 5.75 Å². The molecule has 3 aromatic heterocycles. The molecule has 4 aromatic carbocycles. The zero-order chi connectivity index (χ0) is 66.0. The van der Waals surface area contributed by atoms with Crippen molar-refractivity contribution >= 4 is 86.8 Å². The van der Waals surface area contributed by atoms with Crippen LogP contribution in [0.25, 0.3) is 21.8 Å². The first-order chi connectivity index (χ1) is 44.0. The Hall–Kier alpha value is -11.0. The molecule has 5 heterocycles. The van der Waals surface area contributed by atoms with Crippen LogP contribution >= 0.6 is 0 Å². The number of carboxylic acid groups (broad SMARTS) is 1. The lowest BCUT2D eigenvalue weighted by molar-refractivity contribution is -0.141. The predicted molar refractivity (Wildman–Crippen MR) is 327 cm³/mol. The van der Waals surface area contributed by atoms with Crippen LogP contribution in [0.1, 0.15) is 79.0 Å². The van der Waals surface area contributed by atoms with E-state index in [2.05, 4.69) is 67.8 Å². The molecule has 0 saturated carbocycles. The molecule has 0 unspecified atom stereocenters. The molecule has 0 fully saturated rings. The quantitative estimate of drug-likeness (QED) is 0.0802. The highest BCUT2D eigenvalue weighted by atomic mass is 19.1. The summed E-state index contributed by atoms with van der Waals surface area (Å²) in [4.78, 5) is 164. The number of imidazole rings is 1. The Morgan fingerprint density at radius 1 is 0.543 bits per heavy atom. The molecule has 9 rings (SSSR count). The van der Waals surface area contributed by atoms with Crippen LogP contribution in [-0.4, -0.2) is 144 Å². The van der Waals surface area contributed by atoms with E-state index in [0.717, 1.165) is 6.07 Å². The standard InChI is InChI=1S/C63H70F2N14O13/c1-33-58(87)71-31-55(83)74-49(21-37-28-68-45-17-13-39(64)23-43(37)45)60(89)77-50(22-38-29-69-46-18-14-40(65)24-44(38)46)61(90)79-52(26-56(84)85)63(92)78-51(25-41-30-67-32-72-41)62(91)76-48(20-35-11-15-42(80)16-12-35)59(88)75-47(57(66)86)19-34-7-9-36(10-8-34)27-70-53(81)5-3-2-4-6-54(82)73-33/h7-18,23-24,28-30,32-33,47-52,68-69,80H,2-6,19-22,25-27,31H2,1H3,(H2,66,86)(H,67,72)(H,70,81)(H,71,87)(H,73,82)(H,74,83)(H,75,88)(H,76,91)(H,77,89)(H,78,92)(H,79,90)(H,84,85)/t33-,47-,48-,49-,50-,51-,52-/m0/s1. The van der Waals surface area contributed by atoms with Gasteiger partial charge in [-0.2, -0.15) is 0 Å². The minimum atomic E-state index is -2.04. The number of carbonyl (C=O) groups excluding carboxylic acids is 10. The number of H-pyrrole nitrogens is 3. The minimum absolute atomic E-state index is 0.00855. The molecule has 27 nitrogen and oxygen atoms in total. The molecule has 16 N–H and O–H groups in total. The Labute approximate surface area is 524 Å². The number of amides is 10. The van der Waals surface area contributed by atoms with Crippen LogP contribution in [0.3, 0.4) is 0 Å². The number of phenols is 1. The summed E-state index contributed by atoms with van der Waals surface area (Å²) in [6.45, 7) is 0.794. The highest BCUT2D eigenvalue weighted by molar-refractivity contribution is 5.99. The van der Waals surface area contributed by atoms with Gasteiger partial charge in [-0.25, -0.2) is 13.8 Å². The SMILES string of the molecule is C[C@@H]1NC(=O)CCCCCC(=O)NCc2ccc(cc2)C[C@@H](C(N)=O)NC(=O)[C@H](Cc2ccc(O)cc2)NC(=O)[C@H](Cc2cnc[nH]2)NC(=O)[C@H](CC(=O)O)NC(=O)[C@H](Cc2c[nH]c3ccc(F)cc23)NC(=O)[C@H](Cc2c[nH]c3ccc(F)cc23)NC(=O)CNC1=O. The van der Waals surface area contributed by atoms with Gasteiger partial charge >= 0.3 is 5.97 Å². The van der Waals surface area contributed by atoms with E-state index in [0.29, 0.717) is 57.9 Å². The van der Waals surface area contributed by atoms with Crippen molar-refractivity contribution in [1.82, 2.24) is 67.8 Å². The van der Waals surface area contributed by atoms with Crippen LogP contribution in [-0.2, 0) is 91.4 Å². The second-order valence-electron chi connectivity index (χ2n) is 22.4. The minimum Gasteiger partial charge on any atom is -0.508 e. The summed E-state index contributed by atoms with van der Waals surface area (Å²) < 4.78 is 29.5. The zero-order valence-corrected chi connectivity index (χ0v) is 49.8. The predicted octanol–water partition coefficient (Wildman–Crippen LogP) is 0.939. The molecule has 2 bridgehead atoms. The fourth-order valence-corrected chi connectivity index (χ4v) is 10.4. The molecule has 2 aliphatic heterocycles. The molecule has 0 aliphatic carbocycles. The van der Waals surface area contributed by atoms with Crippen LogP contribution in [0, 0.1) is 11.6 Å². The van der Waals surface area contributed by atoms with Crippen molar-refractivity contribution in [2.75, 3.05) is 6.54 Å². The Morgan fingerprint density at radius 2 is 1.07 bits per heavy atom. The van der Waals surface area contributed by atoms with Crippen LogP contribution in [0.5, 0.6) is 5.75 Å². The Bertz CT molecular complexity index is 3840. The van der Waals surface area contributed by atoms with Gasteiger partial charge in [0.15, 0.2) is 0 Å². The molecule has 0 radical (unpaired) electrons. The first kappa shape index (κ1) is 66.9. The van der Waals surface area contributed by atoms with Crippen LogP contribution in [0.4, 0.5) is 8.78 Å². The molecular weight excluding hydrogens is 1200 g/mol. The number of aliphatic carboxylic acids is 1. The number of carbonyl (C=O) groups is 11. The number of phenolic OH excluding ortho intramolecular Hbond substituents is 1. The van der Waals surface area contributed by atoms with Crippen LogP contribution in [0.2, 0.25) is 0 Å². The molecular formula is C63H70F2N14O13. The third-order valence-electron chi connectivity index (χ3n) is 15.3. The largest absolute Gasteiger partial charge is 0.508 e. The number of carboxylic acids is 1. The van der Waals surface area contributed by atoms with Gasteiger partial charge in [-0.05, 0) is 96.1 Å². The summed E-state index contributed by atoms with van der Waals surface area (Å²) >= 11 is 0. The number of primary amides is 1. The zero-order valence-electron chi connectivity index (χ0n) is 49.8. The monoisotopic (exact) mass is 1270 g/mol. The number of hydrogen-bond donors (Lipinski definition) is 15. The van der Waals surface area contributed by atoms with Crippen molar-refractivity contribution < 1.29 is 71.7 Å². The number of rotatable bonds is 11. The summed E-state index contributed by atoms with van der Waals surface area (Å²) in [5.74, 6) is -11.9. The highest BCUT2D eigenvalue weighted by Crippen LogP contribution is 2.24. The molecule has 92 heavy (non-hydrogen) atoms. The average molecular weight is 1270 g/mol. The van der Waals surface area contributed by atoms with Gasteiger partial charge in [0.1, 0.15) is 59.7 Å². The second kappa shape index (κ2) is 31.4. The normalized spacial score (nSPS) is 21.3. The van der Waals surface area contributed by atoms with E-state index >= 15 is 0 Å². The lowest BCUT2D eigenvalue weighted by Gasteiger charge is -2.27. The topological polar surface area (TPSA) is 423 Å². The first-order valence-electron chi connectivity index (χ1n) is 29.5. The van der Waals surface area contributed by atoms with E-state index in [-0.39, 0.29) is 73.4 Å². The van der Waals surface area contributed by atoms with Gasteiger partial charge in [0.25, 0.3) is 0 Å². The molecule has 0 spiro atoms. The van der Waals surface area contributed by atoms with E-state index in [4.69, 9.17) is 5.73 Å². The lowest BCUT2D eigenvalue weighted by atomic mass is 10.0. The van der Waals surface area contributed by atoms with Gasteiger partial charge in [-0.1, -0.05) is 42.8 Å². The van der Waals surface area contributed by atoms with Crippen molar-refractivity contribution in [3.05, 3.63) is 155 Å². The number of nitrogens with zero attached hydrogens (tertiary/aromatic N) is 1. The van der Waals surface area contributed by atoms with Crippen molar-refractivity contribution in [1.29, 1.82) is 0 Å². The van der Waals surface area contributed by atoms with E-state index in [9.17, 15) is 71.7 Å². The van der Waals surface area contributed by atoms with Gasteiger partial charge in [-0.3, -0.25) is 52.7 Å². The molecule has 2 aliphatic rings. The number of benzene rings is 4. The number of aromatic amines is 3. The maximum atomic E-state index is 14.9. The number of aromatic nitrogens is 4. The molecule has 7 aromatic rings. The number of fused-ring (bicyclic) bond motifs is 36. The Morgan fingerprint density at radius 3 is 1.63 bits per heavy atom. The Kier molecular flexibility index (Phi) is 22.9. The lowest BCUT2D eigenvalue weighted by Crippen LogP contribution is -2.61. The molecule has 0 saturated heterocycles. The van der Waals surface area contributed by atoms with Crippen molar-refractivity contribution in [2.45, 2.75) is 126 Å². The van der Waals surface area contributed by atoms with Crippen LogP contribution < -0.4 is 53.6 Å². The molecule has 29 heteroatoms. The third kappa shape index (κ3) is 19.3. The maximum absolute atomic E-state index is 14.9. The summed E-state index contributed by atoms with van der Waals surface area (Å²) in [5, 5.41) is 43.9. The maximum Gasteiger partial charge on any atom is 0.305 e. The summed E-state index contributed by atoms with van der Waals surface area (Å²) in [6.07, 6.45) is 4.19. The molecule has 7 atom stereocenters. The number of nitrogens with two attached hydrogens (primary N) is 1. The van der Waals surface area contributed by atoms with E-state index in [1.54, 1.807) is 24.3 Å². The second-order valence-corrected chi connectivity index (χ2v) is 22.4. The van der Waals surface area contributed by atoms with Crippen LogP contribution in [0.15, 0.2) is 110 Å². The molecule has 484 valence electrons. The Balaban J connectivity index is 1.12.